The van der Waals surface area contributed by atoms with Crippen LogP contribution in [0.5, 0.6) is 11.5 Å². The summed E-state index contributed by atoms with van der Waals surface area (Å²) < 4.78 is 32.3. The lowest BCUT2D eigenvalue weighted by Crippen LogP contribution is -2.44. The molecule has 1 unspecified atom stereocenters. The van der Waals surface area contributed by atoms with Gasteiger partial charge in [-0.05, 0) is 91.9 Å². The summed E-state index contributed by atoms with van der Waals surface area (Å²) in [5.41, 5.74) is 5.38. The minimum Gasteiger partial charge on any atom is -0.508 e. The maximum absolute atomic E-state index is 13.9. The third kappa shape index (κ3) is 6.70. The first-order valence-electron chi connectivity index (χ1n) is 14.5. The van der Waals surface area contributed by atoms with Crippen molar-refractivity contribution in [3.63, 3.8) is 0 Å². The van der Waals surface area contributed by atoms with Crippen LogP contribution in [0, 0.1) is 0 Å². The Kier molecular flexibility index (Phi) is 9.46. The summed E-state index contributed by atoms with van der Waals surface area (Å²) in [6.45, 7) is 12.3. The van der Waals surface area contributed by atoms with Crippen molar-refractivity contribution in [3.8, 4) is 11.5 Å². The molecule has 0 saturated heterocycles. The van der Waals surface area contributed by atoms with E-state index in [0.29, 0.717) is 17.7 Å². The van der Waals surface area contributed by atoms with E-state index in [-0.39, 0.29) is 40.5 Å². The van der Waals surface area contributed by atoms with E-state index in [1.807, 2.05) is 26.8 Å². The Hall–Kier alpha value is -3.65. The summed E-state index contributed by atoms with van der Waals surface area (Å²) in [6, 6.07) is 3.12. The lowest BCUT2D eigenvalue weighted by Gasteiger charge is -2.34. The highest BCUT2D eigenvalue weighted by Crippen LogP contribution is 2.46. The van der Waals surface area contributed by atoms with Crippen molar-refractivity contribution in [2.45, 2.75) is 79.8 Å². The first-order chi connectivity index (χ1) is 19.8. The number of nitrogens with one attached hydrogen (secondary N) is 1. The molecule has 0 aromatic heterocycles. The highest BCUT2D eigenvalue weighted by molar-refractivity contribution is 7.96. The number of benzene rings is 1. The summed E-state index contributed by atoms with van der Waals surface area (Å²) in [7, 11) is -3.95. The number of fused-ring (bicyclic) bond motifs is 2. The number of allylic oxidation sites excluding steroid dienone is 10. The smallest absolute Gasteiger partial charge is 0.211 e. The molecule has 1 aromatic carbocycles. The van der Waals surface area contributed by atoms with Gasteiger partial charge in [-0.2, -0.15) is 0 Å². The van der Waals surface area contributed by atoms with E-state index in [1.54, 1.807) is 6.07 Å². The standard InChI is InChI=1S/C34H41NO6S/c1-20(2)9-7-11-22(5)13-14-24-18-27-25(19-26(24)36)29-30(28(41-27)17-23(6)12-8-10-21(3)4)32(37)31-34(33(29)38)42(39,40)16-15-35-31/h9-10,13,17-19,28,35-36H,7-8,11-12,14-16H2,1-6H3/b22-13+,23-17+. The quantitative estimate of drug-likeness (QED) is 0.259. The molecular formula is C34H41NO6S. The molecule has 1 atom stereocenters. The fourth-order valence-corrected chi connectivity index (χ4v) is 6.83. The van der Waals surface area contributed by atoms with Crippen LogP contribution in [-0.4, -0.2) is 43.5 Å². The minimum atomic E-state index is -3.95. The Bertz CT molecular complexity index is 1610. The number of sulfone groups is 1. The predicted molar refractivity (Wildman–Crippen MR) is 167 cm³/mol. The Morgan fingerprint density at radius 3 is 2.24 bits per heavy atom. The molecule has 0 radical (unpaired) electrons. The molecule has 1 aliphatic carbocycles. The van der Waals surface area contributed by atoms with E-state index < -0.39 is 32.4 Å². The van der Waals surface area contributed by atoms with E-state index in [0.717, 1.165) is 31.3 Å². The van der Waals surface area contributed by atoms with Gasteiger partial charge < -0.3 is 15.2 Å². The van der Waals surface area contributed by atoms with E-state index >= 15 is 0 Å². The molecule has 0 bridgehead atoms. The molecule has 1 aromatic rings. The van der Waals surface area contributed by atoms with Gasteiger partial charge in [-0.3, -0.25) is 9.59 Å². The Labute approximate surface area is 249 Å². The number of carbonyl (C=O) groups excluding carboxylic acids is 2. The van der Waals surface area contributed by atoms with Crippen LogP contribution in [-0.2, 0) is 25.8 Å². The highest BCUT2D eigenvalue weighted by Gasteiger charge is 2.47. The molecule has 0 fully saturated rings. The van der Waals surface area contributed by atoms with Crippen molar-refractivity contribution in [2.24, 2.45) is 0 Å². The van der Waals surface area contributed by atoms with Crippen LogP contribution in [0.1, 0.15) is 78.4 Å². The molecule has 2 heterocycles. The zero-order valence-corrected chi connectivity index (χ0v) is 26.2. The number of Topliss-reactive ketones (excluding diaryl/α,β-unsaturated/α-hetero) is 2. The molecule has 8 heteroatoms. The minimum absolute atomic E-state index is 0.0130. The average molecular weight is 592 g/mol. The lowest BCUT2D eigenvalue weighted by atomic mass is 9.81. The second-order valence-corrected chi connectivity index (χ2v) is 13.9. The van der Waals surface area contributed by atoms with Crippen LogP contribution < -0.4 is 10.1 Å². The number of phenolic OH excluding ortho intramolecular Hbond substituents is 1. The molecule has 0 saturated carbocycles. The van der Waals surface area contributed by atoms with Crippen LogP contribution in [0.3, 0.4) is 0 Å². The zero-order valence-electron chi connectivity index (χ0n) is 25.4. The molecule has 4 rings (SSSR count). The topological polar surface area (TPSA) is 110 Å². The van der Waals surface area contributed by atoms with Crippen molar-refractivity contribution < 1.29 is 27.9 Å². The summed E-state index contributed by atoms with van der Waals surface area (Å²) >= 11 is 0. The fourth-order valence-electron chi connectivity index (χ4n) is 5.39. The second kappa shape index (κ2) is 12.7. The Morgan fingerprint density at radius 1 is 0.952 bits per heavy atom. The maximum Gasteiger partial charge on any atom is 0.211 e. The van der Waals surface area contributed by atoms with Gasteiger partial charge in [0.25, 0.3) is 0 Å². The van der Waals surface area contributed by atoms with Gasteiger partial charge >= 0.3 is 0 Å². The molecule has 0 amide bonds. The SMILES string of the molecule is CC(C)=CCC/C(C)=C/Cc1cc2c(cc1O)C1=C(C(=O)C3=C(C1=O)S(=O)(=O)CCN3)C(/C=C(\C)CCC=C(C)C)O2. The lowest BCUT2D eigenvalue weighted by molar-refractivity contribution is -0.116. The van der Waals surface area contributed by atoms with Crippen molar-refractivity contribution in [1.82, 2.24) is 5.32 Å². The molecular weight excluding hydrogens is 550 g/mol. The van der Waals surface area contributed by atoms with Crippen molar-refractivity contribution in [1.29, 1.82) is 0 Å². The normalized spacial score (nSPS) is 19.8. The number of phenols is 1. The largest absolute Gasteiger partial charge is 0.508 e. The summed E-state index contributed by atoms with van der Waals surface area (Å²) in [4.78, 5) is 27.2. The Balaban J connectivity index is 1.78. The first-order valence-corrected chi connectivity index (χ1v) is 16.1. The van der Waals surface area contributed by atoms with Gasteiger partial charge in [-0.25, -0.2) is 8.42 Å². The Morgan fingerprint density at radius 2 is 1.60 bits per heavy atom. The van der Waals surface area contributed by atoms with Gasteiger partial charge in [-0.15, -0.1) is 0 Å². The van der Waals surface area contributed by atoms with Crippen LogP contribution in [0.25, 0.3) is 5.57 Å². The predicted octanol–water partition coefficient (Wildman–Crippen LogP) is 6.22. The van der Waals surface area contributed by atoms with Gasteiger partial charge in [0.05, 0.1) is 11.3 Å². The third-order valence-electron chi connectivity index (χ3n) is 7.66. The molecule has 3 aliphatic rings. The fraction of sp³-hybridized carbons (Fsp3) is 0.412. The molecule has 2 aliphatic heterocycles. The van der Waals surface area contributed by atoms with Gasteiger partial charge in [0.2, 0.25) is 11.6 Å². The number of aromatic hydroxyl groups is 1. The third-order valence-corrected chi connectivity index (χ3v) is 9.42. The van der Waals surface area contributed by atoms with Gasteiger partial charge in [0, 0.05) is 23.2 Å². The van der Waals surface area contributed by atoms with Crippen LogP contribution in [0.15, 0.2) is 74.9 Å². The number of ether oxygens (including phenoxy) is 1. The summed E-state index contributed by atoms with van der Waals surface area (Å²) in [5, 5.41) is 13.8. The molecule has 7 nitrogen and oxygen atoms in total. The molecule has 42 heavy (non-hydrogen) atoms. The molecule has 224 valence electrons. The number of rotatable bonds is 9. The van der Waals surface area contributed by atoms with Crippen molar-refractivity contribution in [2.75, 3.05) is 12.3 Å². The highest BCUT2D eigenvalue weighted by atomic mass is 32.2. The molecule has 2 N–H and O–H groups in total. The van der Waals surface area contributed by atoms with Gasteiger partial charge in [0.1, 0.15) is 28.2 Å². The van der Waals surface area contributed by atoms with E-state index in [4.69, 9.17) is 4.74 Å². The zero-order chi connectivity index (χ0) is 30.8. The maximum atomic E-state index is 13.9. The average Bonchev–Trinajstić information content (AvgIpc) is 2.89. The molecule has 0 spiro atoms. The monoisotopic (exact) mass is 591 g/mol. The first kappa shape index (κ1) is 31.3. The number of hydrogen-bond acceptors (Lipinski definition) is 7. The summed E-state index contributed by atoms with van der Waals surface area (Å²) in [5.74, 6) is -1.28. The van der Waals surface area contributed by atoms with Crippen molar-refractivity contribution in [3.05, 3.63) is 86.0 Å². The number of ketones is 2. The van der Waals surface area contributed by atoms with E-state index in [1.165, 1.54) is 22.8 Å². The second-order valence-electron chi connectivity index (χ2n) is 11.8. The van der Waals surface area contributed by atoms with E-state index in [9.17, 15) is 23.1 Å². The number of hydrogen-bond donors (Lipinski definition) is 2. The summed E-state index contributed by atoms with van der Waals surface area (Å²) in [6.07, 6.45) is 11.2. The van der Waals surface area contributed by atoms with Crippen LogP contribution in [0.2, 0.25) is 0 Å². The van der Waals surface area contributed by atoms with Crippen LogP contribution in [0.4, 0.5) is 0 Å². The van der Waals surface area contributed by atoms with Gasteiger partial charge in [0.15, 0.2) is 9.84 Å². The van der Waals surface area contributed by atoms with Crippen molar-refractivity contribution >= 4 is 27.0 Å². The van der Waals surface area contributed by atoms with Gasteiger partial charge in [-0.1, -0.05) is 40.5 Å². The number of carbonyl (C=O) groups is 2. The van der Waals surface area contributed by atoms with Crippen LogP contribution >= 0.6 is 0 Å². The van der Waals surface area contributed by atoms with E-state index in [2.05, 4.69) is 44.3 Å².